The van der Waals surface area contributed by atoms with Gasteiger partial charge in [0, 0.05) is 25.3 Å². The van der Waals surface area contributed by atoms with Crippen LogP contribution in [-0.2, 0) is 16.4 Å². The zero-order valence-electron chi connectivity index (χ0n) is 12.7. The number of nitrogens with zero attached hydrogens (tertiary/aromatic N) is 2. The second-order valence-electron chi connectivity index (χ2n) is 6.05. The summed E-state index contributed by atoms with van der Waals surface area (Å²) in [6.07, 6.45) is 2.77. The molecule has 0 unspecified atom stereocenters. The Hall–Kier alpha value is -1.11. The fourth-order valence-electron chi connectivity index (χ4n) is 3.15. The number of hydrogen-bond acceptors (Lipinski definition) is 4. The van der Waals surface area contributed by atoms with Gasteiger partial charge in [-0.15, -0.1) is 0 Å². The third-order valence-electron chi connectivity index (χ3n) is 4.67. The van der Waals surface area contributed by atoms with Gasteiger partial charge in [-0.25, -0.2) is 8.42 Å². The summed E-state index contributed by atoms with van der Waals surface area (Å²) in [7, 11) is 0.392. The molecule has 3 rings (SSSR count). The summed E-state index contributed by atoms with van der Waals surface area (Å²) in [6.45, 7) is 2.80. The number of fused-ring (bicyclic) bond motifs is 1. The standard InChI is InChI=1S/C15H23N3O2S/c1-17-9-6-13(7-10-17)18(2)21(19,20)14-4-3-12-5-8-16-15(12)11-14/h3-4,11,13,16H,5-10H2,1-2H3. The summed E-state index contributed by atoms with van der Waals surface area (Å²) >= 11 is 0. The molecular formula is C15H23N3O2S. The molecule has 2 heterocycles. The van der Waals surface area contributed by atoms with Gasteiger partial charge in [-0.3, -0.25) is 0 Å². The molecule has 6 heteroatoms. The van der Waals surface area contributed by atoms with Gasteiger partial charge in [0.2, 0.25) is 10.0 Å². The largest absolute Gasteiger partial charge is 0.384 e. The summed E-state index contributed by atoms with van der Waals surface area (Å²) in [5.74, 6) is 0. The van der Waals surface area contributed by atoms with Crippen LogP contribution < -0.4 is 5.32 Å². The molecule has 0 saturated carbocycles. The van der Waals surface area contributed by atoms with E-state index in [1.165, 1.54) is 5.56 Å². The maximum atomic E-state index is 12.8. The fraction of sp³-hybridized carbons (Fsp3) is 0.600. The highest BCUT2D eigenvalue weighted by Gasteiger charge is 2.30. The van der Waals surface area contributed by atoms with Crippen molar-refractivity contribution in [2.75, 3.05) is 39.0 Å². The van der Waals surface area contributed by atoms with E-state index in [4.69, 9.17) is 0 Å². The van der Waals surface area contributed by atoms with E-state index >= 15 is 0 Å². The number of likely N-dealkylation sites (tertiary alicyclic amines) is 1. The SMILES string of the molecule is CN1CCC(N(C)S(=O)(=O)c2ccc3c(c2)NCC3)CC1. The highest BCUT2D eigenvalue weighted by Crippen LogP contribution is 2.28. The lowest BCUT2D eigenvalue weighted by molar-refractivity contribution is 0.197. The van der Waals surface area contributed by atoms with Crippen molar-refractivity contribution in [1.82, 2.24) is 9.21 Å². The van der Waals surface area contributed by atoms with Gasteiger partial charge in [0.1, 0.15) is 0 Å². The van der Waals surface area contributed by atoms with E-state index in [-0.39, 0.29) is 6.04 Å². The summed E-state index contributed by atoms with van der Waals surface area (Å²) in [6, 6.07) is 5.56. The van der Waals surface area contributed by atoms with Crippen LogP contribution in [0.2, 0.25) is 0 Å². The third-order valence-corrected chi connectivity index (χ3v) is 6.58. The van der Waals surface area contributed by atoms with Gasteiger partial charge in [0.05, 0.1) is 4.90 Å². The summed E-state index contributed by atoms with van der Waals surface area (Å²) in [4.78, 5) is 2.65. The van der Waals surface area contributed by atoms with Gasteiger partial charge in [-0.1, -0.05) is 6.07 Å². The Labute approximate surface area is 127 Å². The lowest BCUT2D eigenvalue weighted by Gasteiger charge is -2.34. The Kier molecular flexibility index (Phi) is 3.94. The Balaban J connectivity index is 1.82. The summed E-state index contributed by atoms with van der Waals surface area (Å²) in [5, 5.41) is 3.25. The minimum absolute atomic E-state index is 0.104. The number of rotatable bonds is 3. The number of sulfonamides is 1. The van der Waals surface area contributed by atoms with Crippen LogP contribution in [0.1, 0.15) is 18.4 Å². The first-order valence-corrected chi connectivity index (χ1v) is 8.96. The van der Waals surface area contributed by atoms with Crippen LogP contribution in [0.15, 0.2) is 23.1 Å². The lowest BCUT2D eigenvalue weighted by atomic mass is 10.1. The fourth-order valence-corrected chi connectivity index (χ4v) is 4.59. The molecule has 1 fully saturated rings. The first-order valence-electron chi connectivity index (χ1n) is 7.52. The van der Waals surface area contributed by atoms with Crippen molar-refractivity contribution in [2.45, 2.75) is 30.2 Å². The van der Waals surface area contributed by atoms with E-state index in [0.717, 1.165) is 44.6 Å². The van der Waals surface area contributed by atoms with Gasteiger partial charge >= 0.3 is 0 Å². The molecule has 0 atom stereocenters. The van der Waals surface area contributed by atoms with Gasteiger partial charge in [0.25, 0.3) is 0 Å². The topological polar surface area (TPSA) is 52.7 Å². The maximum Gasteiger partial charge on any atom is 0.243 e. The van der Waals surface area contributed by atoms with Gasteiger partial charge in [-0.2, -0.15) is 4.31 Å². The zero-order valence-corrected chi connectivity index (χ0v) is 13.5. The van der Waals surface area contributed by atoms with Crippen molar-refractivity contribution >= 4 is 15.7 Å². The molecule has 0 spiro atoms. The molecular weight excluding hydrogens is 286 g/mol. The van der Waals surface area contributed by atoms with Gasteiger partial charge in [0.15, 0.2) is 0 Å². The molecule has 21 heavy (non-hydrogen) atoms. The van der Waals surface area contributed by atoms with Crippen LogP contribution >= 0.6 is 0 Å². The number of anilines is 1. The second-order valence-corrected chi connectivity index (χ2v) is 8.05. The predicted octanol–water partition coefficient (Wildman–Crippen LogP) is 1.37. The lowest BCUT2D eigenvalue weighted by Crippen LogP contribution is -2.44. The van der Waals surface area contributed by atoms with E-state index in [1.54, 1.807) is 23.5 Å². The van der Waals surface area contributed by atoms with Crippen molar-refractivity contribution in [3.8, 4) is 0 Å². The van der Waals surface area contributed by atoms with Crippen molar-refractivity contribution in [3.05, 3.63) is 23.8 Å². The molecule has 0 amide bonds. The Morgan fingerprint density at radius 3 is 2.71 bits per heavy atom. The smallest absolute Gasteiger partial charge is 0.243 e. The molecule has 116 valence electrons. The molecule has 1 N–H and O–H groups in total. The Morgan fingerprint density at radius 1 is 1.29 bits per heavy atom. The number of nitrogens with one attached hydrogen (secondary N) is 1. The van der Waals surface area contributed by atoms with Crippen LogP contribution in [0, 0.1) is 0 Å². The number of hydrogen-bond donors (Lipinski definition) is 1. The number of piperidine rings is 1. The molecule has 2 aliphatic rings. The van der Waals surface area contributed by atoms with Gasteiger partial charge in [-0.05, 0) is 57.1 Å². The average Bonchev–Trinajstić information content (AvgIpc) is 2.94. The maximum absolute atomic E-state index is 12.8. The highest BCUT2D eigenvalue weighted by molar-refractivity contribution is 7.89. The first-order chi connectivity index (χ1) is 9.98. The Bertz CT molecular complexity index is 622. The Morgan fingerprint density at radius 2 is 2.00 bits per heavy atom. The van der Waals surface area contributed by atoms with E-state index < -0.39 is 10.0 Å². The van der Waals surface area contributed by atoms with E-state index in [9.17, 15) is 8.42 Å². The van der Waals surface area contributed by atoms with Crippen LogP contribution in [0.5, 0.6) is 0 Å². The third kappa shape index (κ3) is 2.80. The minimum Gasteiger partial charge on any atom is -0.384 e. The quantitative estimate of drug-likeness (QED) is 0.916. The van der Waals surface area contributed by atoms with Crippen LogP contribution in [0.25, 0.3) is 0 Å². The van der Waals surface area contributed by atoms with Crippen LogP contribution in [0.3, 0.4) is 0 Å². The zero-order chi connectivity index (χ0) is 15.0. The molecule has 1 aromatic rings. The molecule has 1 aromatic carbocycles. The number of benzene rings is 1. The van der Waals surface area contributed by atoms with Crippen molar-refractivity contribution in [1.29, 1.82) is 0 Å². The van der Waals surface area contributed by atoms with Crippen molar-refractivity contribution in [3.63, 3.8) is 0 Å². The van der Waals surface area contributed by atoms with Crippen LogP contribution in [0.4, 0.5) is 5.69 Å². The molecule has 0 radical (unpaired) electrons. The van der Waals surface area contributed by atoms with Crippen LogP contribution in [-0.4, -0.2) is 57.4 Å². The minimum atomic E-state index is -3.40. The van der Waals surface area contributed by atoms with E-state index in [1.807, 2.05) is 6.07 Å². The normalized spacial score (nSPS) is 20.5. The second kappa shape index (κ2) is 5.59. The molecule has 0 aliphatic carbocycles. The molecule has 1 saturated heterocycles. The monoisotopic (exact) mass is 309 g/mol. The predicted molar refractivity (Wildman–Crippen MR) is 84.1 cm³/mol. The van der Waals surface area contributed by atoms with Crippen molar-refractivity contribution < 1.29 is 8.42 Å². The highest BCUT2D eigenvalue weighted by atomic mass is 32.2. The van der Waals surface area contributed by atoms with E-state index in [0.29, 0.717) is 4.90 Å². The first kappa shape index (κ1) is 14.8. The van der Waals surface area contributed by atoms with Gasteiger partial charge < -0.3 is 10.2 Å². The molecule has 0 aromatic heterocycles. The molecule has 0 bridgehead atoms. The van der Waals surface area contributed by atoms with E-state index in [2.05, 4.69) is 17.3 Å². The van der Waals surface area contributed by atoms with Crippen molar-refractivity contribution in [2.24, 2.45) is 0 Å². The molecule has 2 aliphatic heterocycles. The molecule has 5 nitrogen and oxygen atoms in total. The summed E-state index contributed by atoms with van der Waals surface area (Å²) in [5.41, 5.74) is 2.17. The average molecular weight is 309 g/mol. The summed E-state index contributed by atoms with van der Waals surface area (Å²) < 4.78 is 27.2.